The topological polar surface area (TPSA) is 50.4 Å². The molecule has 4 nitrogen and oxygen atoms in total. The average Bonchev–Trinajstić information content (AvgIpc) is 2.74. The molecule has 0 atom stereocenters. The molecule has 0 spiro atoms. The highest BCUT2D eigenvalue weighted by atomic mass is 32.1. The van der Waals surface area contributed by atoms with Crippen LogP contribution in [0.5, 0.6) is 5.75 Å². The quantitative estimate of drug-likeness (QED) is 0.314. The molecular formula is C24H22N2O2S. The van der Waals surface area contributed by atoms with Crippen LogP contribution in [0, 0.1) is 6.92 Å². The summed E-state index contributed by atoms with van der Waals surface area (Å²) >= 11 is 5.34. The van der Waals surface area contributed by atoms with Crippen molar-refractivity contribution in [1.29, 1.82) is 0 Å². The maximum Gasteiger partial charge on any atom is 0.185 e. The Kier molecular flexibility index (Phi) is 6.76. The number of allylic oxidation sites excluding steroid dienone is 1. The lowest BCUT2D eigenvalue weighted by molar-refractivity contribution is 0.104. The predicted octanol–water partition coefficient (Wildman–Crippen LogP) is 5.71. The normalized spacial score (nSPS) is 10.6. The van der Waals surface area contributed by atoms with E-state index in [0.29, 0.717) is 10.7 Å². The summed E-state index contributed by atoms with van der Waals surface area (Å²) in [6.45, 7) is 2.04. The first-order valence-corrected chi connectivity index (χ1v) is 9.55. The van der Waals surface area contributed by atoms with Gasteiger partial charge < -0.3 is 15.4 Å². The number of ether oxygens (including phenoxy) is 1. The van der Waals surface area contributed by atoms with E-state index in [9.17, 15) is 4.79 Å². The van der Waals surface area contributed by atoms with Crippen molar-refractivity contribution in [3.8, 4) is 5.75 Å². The van der Waals surface area contributed by atoms with Crippen LogP contribution in [0.25, 0.3) is 6.08 Å². The lowest BCUT2D eigenvalue weighted by Crippen LogP contribution is -2.19. The predicted molar refractivity (Wildman–Crippen MR) is 124 cm³/mol. The first-order valence-electron chi connectivity index (χ1n) is 9.15. The van der Waals surface area contributed by atoms with Gasteiger partial charge >= 0.3 is 0 Å². The number of benzene rings is 3. The fourth-order valence-electron chi connectivity index (χ4n) is 2.63. The first-order chi connectivity index (χ1) is 14.0. The molecule has 0 unspecified atom stereocenters. The van der Waals surface area contributed by atoms with Gasteiger partial charge in [-0.25, -0.2) is 0 Å². The number of hydrogen-bond donors (Lipinski definition) is 2. The number of carbonyl (C=O) groups is 1. The van der Waals surface area contributed by atoms with Crippen molar-refractivity contribution >= 4 is 40.6 Å². The summed E-state index contributed by atoms with van der Waals surface area (Å²) in [4.78, 5) is 12.4. The van der Waals surface area contributed by atoms with E-state index in [2.05, 4.69) is 10.6 Å². The smallest absolute Gasteiger partial charge is 0.185 e. The molecule has 29 heavy (non-hydrogen) atoms. The molecule has 0 saturated carbocycles. The zero-order valence-electron chi connectivity index (χ0n) is 16.3. The maximum absolute atomic E-state index is 12.4. The van der Waals surface area contributed by atoms with E-state index in [-0.39, 0.29) is 5.78 Å². The van der Waals surface area contributed by atoms with Crippen molar-refractivity contribution in [2.75, 3.05) is 17.7 Å². The van der Waals surface area contributed by atoms with E-state index in [4.69, 9.17) is 17.0 Å². The van der Waals surface area contributed by atoms with Gasteiger partial charge in [0.15, 0.2) is 10.9 Å². The van der Waals surface area contributed by atoms with Crippen LogP contribution in [0.4, 0.5) is 11.4 Å². The Morgan fingerprint density at radius 2 is 1.41 bits per heavy atom. The van der Waals surface area contributed by atoms with Crippen LogP contribution in [0.15, 0.2) is 78.9 Å². The van der Waals surface area contributed by atoms with Gasteiger partial charge in [-0.3, -0.25) is 4.79 Å². The van der Waals surface area contributed by atoms with Crippen molar-refractivity contribution in [3.63, 3.8) is 0 Å². The summed E-state index contributed by atoms with van der Waals surface area (Å²) in [6, 6.07) is 22.7. The summed E-state index contributed by atoms with van der Waals surface area (Å²) in [5, 5.41) is 6.75. The van der Waals surface area contributed by atoms with Gasteiger partial charge in [0.2, 0.25) is 0 Å². The Morgan fingerprint density at radius 1 is 0.862 bits per heavy atom. The molecule has 0 fully saturated rings. The van der Waals surface area contributed by atoms with Gasteiger partial charge in [0.1, 0.15) is 5.75 Å². The number of anilines is 2. The van der Waals surface area contributed by atoms with Crippen LogP contribution >= 0.6 is 12.2 Å². The molecule has 2 N–H and O–H groups in total. The molecule has 146 valence electrons. The van der Waals surface area contributed by atoms with Gasteiger partial charge in [0, 0.05) is 16.9 Å². The molecule has 0 amide bonds. The summed E-state index contributed by atoms with van der Waals surface area (Å²) in [5.41, 5.74) is 4.47. The van der Waals surface area contributed by atoms with Crippen molar-refractivity contribution < 1.29 is 9.53 Å². The molecule has 0 radical (unpaired) electrons. The highest BCUT2D eigenvalue weighted by Gasteiger charge is 2.04. The number of ketones is 1. The maximum atomic E-state index is 12.4. The lowest BCUT2D eigenvalue weighted by atomic mass is 10.1. The monoisotopic (exact) mass is 402 g/mol. The number of aryl methyl sites for hydroxylation is 1. The number of rotatable bonds is 6. The minimum absolute atomic E-state index is 0.0623. The summed E-state index contributed by atoms with van der Waals surface area (Å²) in [7, 11) is 1.62. The van der Waals surface area contributed by atoms with Crippen molar-refractivity contribution in [2.45, 2.75) is 6.92 Å². The van der Waals surface area contributed by atoms with Gasteiger partial charge in [-0.1, -0.05) is 35.9 Å². The summed E-state index contributed by atoms with van der Waals surface area (Å²) in [6.07, 6.45) is 3.35. The molecule has 5 heteroatoms. The Labute approximate surface area is 176 Å². The third-order valence-corrected chi connectivity index (χ3v) is 4.48. The van der Waals surface area contributed by atoms with Gasteiger partial charge in [-0.05, 0) is 79.3 Å². The molecular weight excluding hydrogens is 380 g/mol. The molecule has 0 saturated heterocycles. The molecule has 0 aromatic heterocycles. The van der Waals surface area contributed by atoms with Crippen molar-refractivity contribution in [1.82, 2.24) is 0 Å². The third-order valence-electron chi connectivity index (χ3n) is 4.28. The van der Waals surface area contributed by atoms with Crippen LogP contribution in [0.1, 0.15) is 21.5 Å². The fraction of sp³-hybridized carbons (Fsp3) is 0.0833. The van der Waals surface area contributed by atoms with Gasteiger partial charge in [0.05, 0.1) is 7.11 Å². The number of carbonyl (C=O) groups excluding carboxylic acids is 1. The molecule has 0 heterocycles. The van der Waals surface area contributed by atoms with Gasteiger partial charge in [0.25, 0.3) is 0 Å². The zero-order chi connectivity index (χ0) is 20.6. The van der Waals surface area contributed by atoms with E-state index in [1.54, 1.807) is 31.4 Å². The minimum Gasteiger partial charge on any atom is -0.497 e. The first kappa shape index (κ1) is 20.3. The molecule has 0 aliphatic heterocycles. The molecule has 3 aromatic carbocycles. The standard InChI is InChI=1S/C24H22N2O2S/c1-17-3-10-20(11-4-17)25-24(29)26-21-12-8-19(9-13-21)23(27)16-7-18-5-14-22(28-2)15-6-18/h3-16H,1-2H3,(H2,25,26,29)/b16-7+. The second-order valence-corrected chi connectivity index (χ2v) is 6.90. The van der Waals surface area contributed by atoms with Crippen molar-refractivity contribution in [3.05, 3.63) is 95.6 Å². The Bertz CT molecular complexity index is 1010. The largest absolute Gasteiger partial charge is 0.497 e. The van der Waals surface area contributed by atoms with E-state index in [1.165, 1.54) is 5.56 Å². The number of methoxy groups -OCH3 is 1. The zero-order valence-corrected chi connectivity index (χ0v) is 17.1. The Balaban J connectivity index is 1.57. The second kappa shape index (κ2) is 9.66. The highest BCUT2D eigenvalue weighted by molar-refractivity contribution is 7.80. The van der Waals surface area contributed by atoms with E-state index in [0.717, 1.165) is 22.7 Å². The fourth-order valence-corrected chi connectivity index (χ4v) is 2.87. The van der Waals surface area contributed by atoms with Crippen LogP contribution < -0.4 is 15.4 Å². The lowest BCUT2D eigenvalue weighted by Gasteiger charge is -2.11. The summed E-state index contributed by atoms with van der Waals surface area (Å²) < 4.78 is 5.13. The molecule has 3 aromatic rings. The van der Waals surface area contributed by atoms with Crippen LogP contribution in [0.3, 0.4) is 0 Å². The number of hydrogen-bond acceptors (Lipinski definition) is 3. The molecule has 3 rings (SSSR count). The van der Waals surface area contributed by atoms with Crippen LogP contribution in [-0.2, 0) is 0 Å². The Hall–Kier alpha value is -3.44. The van der Waals surface area contributed by atoms with Gasteiger partial charge in [-0.2, -0.15) is 0 Å². The van der Waals surface area contributed by atoms with Gasteiger partial charge in [-0.15, -0.1) is 0 Å². The van der Waals surface area contributed by atoms with E-state index in [1.807, 2.05) is 67.6 Å². The third kappa shape index (κ3) is 6.02. The van der Waals surface area contributed by atoms with Crippen LogP contribution in [0.2, 0.25) is 0 Å². The Morgan fingerprint density at radius 3 is 1.97 bits per heavy atom. The molecule has 0 bridgehead atoms. The number of nitrogens with one attached hydrogen (secondary N) is 2. The summed E-state index contributed by atoms with van der Waals surface area (Å²) in [5.74, 6) is 0.721. The molecule has 0 aliphatic carbocycles. The number of thiocarbonyl (C=S) groups is 1. The van der Waals surface area contributed by atoms with E-state index < -0.39 is 0 Å². The average molecular weight is 403 g/mol. The van der Waals surface area contributed by atoms with E-state index >= 15 is 0 Å². The highest BCUT2D eigenvalue weighted by Crippen LogP contribution is 2.15. The van der Waals surface area contributed by atoms with Crippen molar-refractivity contribution in [2.24, 2.45) is 0 Å². The molecule has 0 aliphatic rings. The minimum atomic E-state index is -0.0623. The second-order valence-electron chi connectivity index (χ2n) is 6.49. The SMILES string of the molecule is COc1ccc(/C=C/C(=O)c2ccc(NC(=S)Nc3ccc(C)cc3)cc2)cc1. The van der Waals surface area contributed by atoms with Crippen LogP contribution in [-0.4, -0.2) is 18.0 Å².